The first-order chi connectivity index (χ1) is 15.0. The van der Waals surface area contributed by atoms with E-state index in [0.29, 0.717) is 29.3 Å². The van der Waals surface area contributed by atoms with Crippen LogP contribution in [0.15, 0.2) is 42.6 Å². The Morgan fingerprint density at radius 1 is 1.19 bits per heavy atom. The predicted octanol–water partition coefficient (Wildman–Crippen LogP) is 3.44. The van der Waals surface area contributed by atoms with Gasteiger partial charge in [0.05, 0.1) is 11.3 Å². The van der Waals surface area contributed by atoms with Gasteiger partial charge in [-0.05, 0) is 56.0 Å². The van der Waals surface area contributed by atoms with Crippen molar-refractivity contribution in [3.05, 3.63) is 76.5 Å². The summed E-state index contributed by atoms with van der Waals surface area (Å²) in [7, 11) is 0. The van der Waals surface area contributed by atoms with Crippen LogP contribution in [0.5, 0.6) is 0 Å². The maximum atomic E-state index is 13.5. The van der Waals surface area contributed by atoms with Gasteiger partial charge in [-0.15, -0.1) is 0 Å². The van der Waals surface area contributed by atoms with Crippen LogP contribution in [0.4, 0.5) is 10.2 Å². The summed E-state index contributed by atoms with van der Waals surface area (Å²) in [5.41, 5.74) is 10.7. The lowest BCUT2D eigenvalue weighted by Gasteiger charge is -2.13. The minimum absolute atomic E-state index is 0.264. The number of anilines is 1. The Morgan fingerprint density at radius 3 is 2.87 bits per heavy atom. The van der Waals surface area contributed by atoms with E-state index in [0.717, 1.165) is 47.6 Å². The van der Waals surface area contributed by atoms with Crippen LogP contribution in [0, 0.1) is 12.7 Å². The molecule has 7 nitrogen and oxygen atoms in total. The van der Waals surface area contributed by atoms with Crippen molar-refractivity contribution in [2.75, 3.05) is 5.32 Å². The predicted molar refractivity (Wildman–Crippen MR) is 115 cm³/mol. The summed E-state index contributed by atoms with van der Waals surface area (Å²) in [6, 6.07) is 9.92. The molecule has 5 rings (SSSR count). The molecule has 4 aromatic rings. The van der Waals surface area contributed by atoms with Crippen molar-refractivity contribution in [3.63, 3.8) is 0 Å². The fourth-order valence-electron chi connectivity index (χ4n) is 4.16. The highest BCUT2D eigenvalue weighted by Gasteiger charge is 2.23. The molecule has 0 spiro atoms. The second-order valence-electron chi connectivity index (χ2n) is 7.68. The number of fused-ring (bicyclic) bond motifs is 2. The highest BCUT2D eigenvalue weighted by atomic mass is 19.1. The number of primary amides is 1. The summed E-state index contributed by atoms with van der Waals surface area (Å²) in [5, 5.41) is 3.37. The fourth-order valence-corrected chi connectivity index (χ4v) is 4.16. The SMILES string of the molecule is Cc1nc2c(C(N)=O)cccn2c1-c1nc2c(c(NCc3cccc(F)c3)n1)CCC2. The van der Waals surface area contributed by atoms with E-state index in [1.165, 1.54) is 12.1 Å². The van der Waals surface area contributed by atoms with Gasteiger partial charge in [-0.2, -0.15) is 0 Å². The second-order valence-corrected chi connectivity index (χ2v) is 7.68. The van der Waals surface area contributed by atoms with Gasteiger partial charge in [-0.3, -0.25) is 9.20 Å². The van der Waals surface area contributed by atoms with Crippen molar-refractivity contribution in [3.8, 4) is 11.5 Å². The molecule has 0 atom stereocenters. The Balaban J connectivity index is 1.60. The Kier molecular flexibility index (Phi) is 4.62. The molecule has 0 saturated carbocycles. The third-order valence-electron chi connectivity index (χ3n) is 5.58. The molecule has 0 saturated heterocycles. The number of hydrogen-bond donors (Lipinski definition) is 2. The minimum Gasteiger partial charge on any atom is -0.366 e. The van der Waals surface area contributed by atoms with Crippen molar-refractivity contribution in [1.29, 1.82) is 0 Å². The molecule has 0 fully saturated rings. The van der Waals surface area contributed by atoms with Crippen molar-refractivity contribution >= 4 is 17.4 Å². The van der Waals surface area contributed by atoms with Gasteiger partial charge in [0.2, 0.25) is 0 Å². The monoisotopic (exact) mass is 416 g/mol. The molecule has 8 heteroatoms. The smallest absolute Gasteiger partial charge is 0.252 e. The lowest BCUT2D eigenvalue weighted by Crippen LogP contribution is -2.12. The zero-order chi connectivity index (χ0) is 21.5. The maximum Gasteiger partial charge on any atom is 0.252 e. The molecule has 0 radical (unpaired) electrons. The number of carbonyl (C=O) groups excluding carboxylic acids is 1. The fraction of sp³-hybridized carbons (Fsp3) is 0.217. The van der Waals surface area contributed by atoms with E-state index >= 15 is 0 Å². The molecule has 3 heterocycles. The van der Waals surface area contributed by atoms with Crippen molar-refractivity contribution in [2.45, 2.75) is 32.7 Å². The molecule has 1 amide bonds. The van der Waals surface area contributed by atoms with Crippen LogP contribution in [-0.2, 0) is 19.4 Å². The zero-order valence-corrected chi connectivity index (χ0v) is 17.0. The van der Waals surface area contributed by atoms with Crippen LogP contribution >= 0.6 is 0 Å². The molecule has 156 valence electrons. The van der Waals surface area contributed by atoms with Crippen LogP contribution in [0.2, 0.25) is 0 Å². The Morgan fingerprint density at radius 2 is 2.06 bits per heavy atom. The third-order valence-corrected chi connectivity index (χ3v) is 5.58. The largest absolute Gasteiger partial charge is 0.366 e. The Labute approximate surface area is 178 Å². The van der Waals surface area contributed by atoms with E-state index in [1.54, 1.807) is 18.2 Å². The summed E-state index contributed by atoms with van der Waals surface area (Å²) in [4.78, 5) is 26.0. The van der Waals surface area contributed by atoms with Gasteiger partial charge in [0.1, 0.15) is 23.0 Å². The molecular weight excluding hydrogens is 395 g/mol. The van der Waals surface area contributed by atoms with Crippen molar-refractivity contribution < 1.29 is 9.18 Å². The lowest BCUT2D eigenvalue weighted by atomic mass is 10.2. The van der Waals surface area contributed by atoms with Crippen molar-refractivity contribution in [2.24, 2.45) is 5.73 Å². The third kappa shape index (κ3) is 3.39. The first-order valence-corrected chi connectivity index (χ1v) is 10.2. The number of nitrogens with zero attached hydrogens (tertiary/aromatic N) is 4. The zero-order valence-electron chi connectivity index (χ0n) is 17.0. The molecule has 0 unspecified atom stereocenters. The van der Waals surface area contributed by atoms with Crippen LogP contribution in [-0.4, -0.2) is 25.3 Å². The molecule has 31 heavy (non-hydrogen) atoms. The first-order valence-electron chi connectivity index (χ1n) is 10.2. The quantitative estimate of drug-likeness (QED) is 0.519. The van der Waals surface area contributed by atoms with E-state index < -0.39 is 5.91 Å². The summed E-state index contributed by atoms with van der Waals surface area (Å²) in [6.45, 7) is 2.32. The summed E-state index contributed by atoms with van der Waals surface area (Å²) in [5.74, 6) is 0.491. The van der Waals surface area contributed by atoms with E-state index in [9.17, 15) is 9.18 Å². The summed E-state index contributed by atoms with van der Waals surface area (Å²) in [6.07, 6.45) is 4.62. The number of imidazole rings is 1. The molecule has 3 N–H and O–H groups in total. The van der Waals surface area contributed by atoms with Gasteiger partial charge in [-0.25, -0.2) is 19.3 Å². The average Bonchev–Trinajstić information content (AvgIpc) is 3.35. The lowest BCUT2D eigenvalue weighted by molar-refractivity contribution is 0.100. The van der Waals surface area contributed by atoms with Gasteiger partial charge in [-0.1, -0.05) is 12.1 Å². The summed E-state index contributed by atoms with van der Waals surface area (Å²) >= 11 is 0. The standard InChI is InChI=1S/C23H21FN6O/c1-13-19(30-10-4-8-17(20(25)31)23(30)27-13)22-28-18-9-3-7-16(18)21(29-22)26-12-14-5-2-6-15(24)11-14/h2,4-6,8,10-11H,3,7,9,12H2,1H3,(H2,25,31)(H,26,28,29). The van der Waals surface area contributed by atoms with E-state index in [4.69, 9.17) is 15.7 Å². The number of pyridine rings is 1. The number of aryl methyl sites for hydroxylation is 2. The normalized spacial score (nSPS) is 12.8. The minimum atomic E-state index is -0.533. The number of nitrogens with one attached hydrogen (secondary N) is 1. The second kappa shape index (κ2) is 7.46. The van der Waals surface area contributed by atoms with E-state index in [2.05, 4.69) is 10.3 Å². The number of hydrogen-bond acceptors (Lipinski definition) is 5. The molecule has 1 aliphatic carbocycles. The maximum absolute atomic E-state index is 13.5. The summed E-state index contributed by atoms with van der Waals surface area (Å²) < 4.78 is 15.4. The number of amides is 1. The highest BCUT2D eigenvalue weighted by Crippen LogP contribution is 2.31. The van der Waals surface area contributed by atoms with Gasteiger partial charge in [0, 0.05) is 24.0 Å². The number of benzene rings is 1. The van der Waals surface area contributed by atoms with E-state index in [1.807, 2.05) is 23.6 Å². The van der Waals surface area contributed by atoms with Gasteiger partial charge < -0.3 is 11.1 Å². The Bertz CT molecular complexity index is 1330. The van der Waals surface area contributed by atoms with Crippen LogP contribution in [0.3, 0.4) is 0 Å². The number of nitrogens with two attached hydrogens (primary N) is 1. The first kappa shape index (κ1) is 19.2. The van der Waals surface area contributed by atoms with Crippen LogP contribution in [0.25, 0.3) is 17.2 Å². The van der Waals surface area contributed by atoms with Gasteiger partial charge >= 0.3 is 0 Å². The molecule has 0 aliphatic heterocycles. The van der Waals surface area contributed by atoms with Gasteiger partial charge in [0.15, 0.2) is 5.82 Å². The molecule has 0 bridgehead atoms. The molecule has 1 aromatic carbocycles. The Hall–Kier alpha value is -3.81. The average molecular weight is 416 g/mol. The number of aromatic nitrogens is 4. The highest BCUT2D eigenvalue weighted by molar-refractivity contribution is 5.99. The van der Waals surface area contributed by atoms with Crippen molar-refractivity contribution in [1.82, 2.24) is 19.4 Å². The topological polar surface area (TPSA) is 98.2 Å². The molecular formula is C23H21FN6O. The van der Waals surface area contributed by atoms with Crippen LogP contribution in [0.1, 0.15) is 39.3 Å². The number of halogens is 1. The van der Waals surface area contributed by atoms with Gasteiger partial charge in [0.25, 0.3) is 5.91 Å². The van der Waals surface area contributed by atoms with E-state index in [-0.39, 0.29) is 5.82 Å². The molecule has 1 aliphatic rings. The number of rotatable bonds is 5. The van der Waals surface area contributed by atoms with Crippen LogP contribution < -0.4 is 11.1 Å². The molecule has 3 aromatic heterocycles. The number of carbonyl (C=O) groups is 1.